The molecule has 0 aromatic carbocycles. The highest BCUT2D eigenvalue weighted by atomic mass is 32.1. The first-order valence-corrected chi connectivity index (χ1v) is 5.74. The lowest BCUT2D eigenvalue weighted by Crippen LogP contribution is -2.49. The van der Waals surface area contributed by atoms with Crippen LogP contribution in [0.5, 0.6) is 0 Å². The van der Waals surface area contributed by atoms with Crippen LogP contribution in [0.15, 0.2) is 0 Å². The molecule has 0 aliphatic carbocycles. The summed E-state index contributed by atoms with van der Waals surface area (Å²) in [6, 6.07) is 0. The van der Waals surface area contributed by atoms with Crippen molar-refractivity contribution in [2.45, 2.75) is 32.3 Å². The maximum atomic E-state index is 11.7. The zero-order chi connectivity index (χ0) is 11.3. The Morgan fingerprint density at radius 2 is 2.40 bits per heavy atom. The van der Waals surface area contributed by atoms with Crippen molar-refractivity contribution >= 4 is 23.1 Å². The van der Waals surface area contributed by atoms with Crippen LogP contribution in [-0.4, -0.2) is 41.6 Å². The fraction of sp³-hybridized carbons (Fsp3) is 0.800. The summed E-state index contributed by atoms with van der Waals surface area (Å²) < 4.78 is 5.36. The number of nitrogens with two attached hydrogens (primary N) is 1. The molecule has 1 saturated heterocycles. The van der Waals surface area contributed by atoms with E-state index >= 15 is 0 Å². The van der Waals surface area contributed by atoms with Crippen LogP contribution in [0.25, 0.3) is 0 Å². The van der Waals surface area contributed by atoms with Gasteiger partial charge in [0.1, 0.15) is 11.1 Å². The van der Waals surface area contributed by atoms with Gasteiger partial charge in [-0.1, -0.05) is 25.6 Å². The summed E-state index contributed by atoms with van der Waals surface area (Å²) in [6.45, 7) is 3.77. The summed E-state index contributed by atoms with van der Waals surface area (Å²) in [5.74, 6) is 0.182. The monoisotopic (exact) mass is 230 g/mol. The molecule has 5 heteroatoms. The lowest BCUT2D eigenvalue weighted by molar-refractivity contribution is -0.136. The van der Waals surface area contributed by atoms with Crippen molar-refractivity contribution in [2.24, 2.45) is 5.73 Å². The Morgan fingerprint density at radius 3 is 3.00 bits per heavy atom. The Morgan fingerprint density at radius 1 is 1.67 bits per heavy atom. The molecule has 0 aromatic rings. The number of nitrogens with zero attached hydrogens (tertiary/aromatic N) is 1. The predicted octanol–water partition coefficient (Wildman–Crippen LogP) is 0.690. The lowest BCUT2D eigenvalue weighted by atomic mass is 10.2. The number of thiocarbonyl (C=S) groups is 1. The molecular formula is C10H18N2O2S. The SMILES string of the molecule is CCCCC(=O)N1CCOC(C(N)=S)C1. The topological polar surface area (TPSA) is 55.6 Å². The van der Waals surface area contributed by atoms with Crippen molar-refractivity contribution in [3.05, 3.63) is 0 Å². The van der Waals surface area contributed by atoms with E-state index < -0.39 is 0 Å². The highest BCUT2D eigenvalue weighted by Crippen LogP contribution is 2.08. The summed E-state index contributed by atoms with van der Waals surface area (Å²) in [7, 11) is 0. The van der Waals surface area contributed by atoms with Crippen LogP contribution in [-0.2, 0) is 9.53 Å². The molecule has 1 atom stereocenters. The molecule has 1 fully saturated rings. The van der Waals surface area contributed by atoms with E-state index in [-0.39, 0.29) is 12.0 Å². The quantitative estimate of drug-likeness (QED) is 0.722. The van der Waals surface area contributed by atoms with E-state index in [1.54, 1.807) is 4.90 Å². The fourth-order valence-electron chi connectivity index (χ4n) is 1.53. The summed E-state index contributed by atoms with van der Waals surface area (Å²) in [6.07, 6.45) is 2.32. The number of ether oxygens (including phenoxy) is 1. The highest BCUT2D eigenvalue weighted by Gasteiger charge is 2.25. The first-order chi connectivity index (χ1) is 7.15. The molecule has 15 heavy (non-hydrogen) atoms. The van der Waals surface area contributed by atoms with Crippen molar-refractivity contribution in [1.29, 1.82) is 0 Å². The van der Waals surface area contributed by atoms with Gasteiger partial charge in [-0.2, -0.15) is 0 Å². The maximum absolute atomic E-state index is 11.7. The van der Waals surface area contributed by atoms with Gasteiger partial charge >= 0.3 is 0 Å². The average molecular weight is 230 g/mol. The average Bonchev–Trinajstić information content (AvgIpc) is 2.26. The summed E-state index contributed by atoms with van der Waals surface area (Å²) in [5, 5.41) is 0. The van der Waals surface area contributed by atoms with Gasteiger partial charge in [0.05, 0.1) is 13.2 Å². The van der Waals surface area contributed by atoms with Crippen LogP contribution in [0.3, 0.4) is 0 Å². The van der Waals surface area contributed by atoms with E-state index in [0.29, 0.717) is 31.1 Å². The smallest absolute Gasteiger partial charge is 0.222 e. The van der Waals surface area contributed by atoms with Gasteiger partial charge in [0.2, 0.25) is 5.91 Å². The van der Waals surface area contributed by atoms with Crippen LogP contribution in [0.4, 0.5) is 0 Å². The van der Waals surface area contributed by atoms with E-state index in [4.69, 9.17) is 22.7 Å². The minimum Gasteiger partial charge on any atom is -0.391 e. The predicted molar refractivity (Wildman–Crippen MR) is 62.6 cm³/mol. The first kappa shape index (κ1) is 12.4. The molecule has 0 bridgehead atoms. The number of amides is 1. The van der Waals surface area contributed by atoms with Gasteiger partial charge in [-0.15, -0.1) is 0 Å². The van der Waals surface area contributed by atoms with Crippen LogP contribution in [0, 0.1) is 0 Å². The zero-order valence-electron chi connectivity index (χ0n) is 9.07. The van der Waals surface area contributed by atoms with Crippen molar-refractivity contribution < 1.29 is 9.53 Å². The van der Waals surface area contributed by atoms with Crippen LogP contribution in [0.1, 0.15) is 26.2 Å². The Hall–Kier alpha value is -0.680. The van der Waals surface area contributed by atoms with Crippen LogP contribution >= 0.6 is 12.2 Å². The van der Waals surface area contributed by atoms with Gasteiger partial charge < -0.3 is 15.4 Å². The second-order valence-corrected chi connectivity index (χ2v) is 4.18. The maximum Gasteiger partial charge on any atom is 0.222 e. The Balaban J connectivity index is 2.41. The van der Waals surface area contributed by atoms with Gasteiger partial charge in [0, 0.05) is 13.0 Å². The molecule has 1 heterocycles. The van der Waals surface area contributed by atoms with Crippen molar-refractivity contribution in [3.63, 3.8) is 0 Å². The normalized spacial score (nSPS) is 21.4. The van der Waals surface area contributed by atoms with E-state index in [0.717, 1.165) is 12.8 Å². The van der Waals surface area contributed by atoms with Gasteiger partial charge in [0.15, 0.2) is 0 Å². The molecular weight excluding hydrogens is 212 g/mol. The number of morpholine rings is 1. The summed E-state index contributed by atoms with van der Waals surface area (Å²) in [5.41, 5.74) is 5.50. The minimum absolute atomic E-state index is 0.182. The molecule has 86 valence electrons. The zero-order valence-corrected chi connectivity index (χ0v) is 9.89. The third-order valence-electron chi connectivity index (χ3n) is 2.48. The molecule has 0 radical (unpaired) electrons. The van der Waals surface area contributed by atoms with Gasteiger partial charge in [-0.25, -0.2) is 0 Å². The molecule has 1 aliphatic rings. The molecule has 0 saturated carbocycles. The van der Waals surface area contributed by atoms with Crippen LogP contribution < -0.4 is 5.73 Å². The molecule has 1 aliphatic heterocycles. The Bertz CT molecular complexity index is 246. The first-order valence-electron chi connectivity index (χ1n) is 5.33. The number of rotatable bonds is 4. The molecule has 0 spiro atoms. The number of hydrogen-bond donors (Lipinski definition) is 1. The summed E-state index contributed by atoms with van der Waals surface area (Å²) >= 11 is 4.86. The number of hydrogen-bond acceptors (Lipinski definition) is 3. The van der Waals surface area contributed by atoms with E-state index in [1.807, 2.05) is 0 Å². The van der Waals surface area contributed by atoms with E-state index in [9.17, 15) is 4.79 Å². The standard InChI is InChI=1S/C10H18N2O2S/c1-2-3-4-9(13)12-5-6-14-8(7-12)10(11)15/h8H,2-7H2,1H3,(H2,11,15). The third-order valence-corrected chi connectivity index (χ3v) is 2.74. The Kier molecular flexibility index (Phi) is 4.98. The number of unbranched alkanes of at least 4 members (excludes halogenated alkanes) is 1. The number of carbonyl (C=O) groups is 1. The van der Waals surface area contributed by atoms with E-state index in [2.05, 4.69) is 6.92 Å². The van der Waals surface area contributed by atoms with Crippen molar-refractivity contribution in [2.75, 3.05) is 19.7 Å². The van der Waals surface area contributed by atoms with Crippen LogP contribution in [0.2, 0.25) is 0 Å². The molecule has 1 amide bonds. The van der Waals surface area contributed by atoms with Gasteiger partial charge in [-0.3, -0.25) is 4.79 Å². The van der Waals surface area contributed by atoms with Crippen molar-refractivity contribution in [1.82, 2.24) is 4.90 Å². The minimum atomic E-state index is -0.265. The van der Waals surface area contributed by atoms with Gasteiger partial charge in [0.25, 0.3) is 0 Å². The molecule has 1 unspecified atom stereocenters. The number of carbonyl (C=O) groups excluding carboxylic acids is 1. The van der Waals surface area contributed by atoms with Crippen molar-refractivity contribution in [3.8, 4) is 0 Å². The summed E-state index contributed by atoms with van der Waals surface area (Å²) in [4.78, 5) is 13.8. The molecule has 4 nitrogen and oxygen atoms in total. The second-order valence-electron chi connectivity index (χ2n) is 3.71. The molecule has 2 N–H and O–H groups in total. The van der Waals surface area contributed by atoms with Gasteiger partial charge in [-0.05, 0) is 6.42 Å². The fourth-order valence-corrected chi connectivity index (χ4v) is 1.68. The molecule has 1 rings (SSSR count). The molecule has 0 aromatic heterocycles. The largest absolute Gasteiger partial charge is 0.391 e. The highest BCUT2D eigenvalue weighted by molar-refractivity contribution is 7.80. The second kappa shape index (κ2) is 6.02. The third kappa shape index (κ3) is 3.76. The lowest BCUT2D eigenvalue weighted by Gasteiger charge is -2.32. The van der Waals surface area contributed by atoms with E-state index in [1.165, 1.54) is 0 Å². The Labute approximate surface area is 95.8 Å².